The van der Waals surface area contributed by atoms with Gasteiger partial charge in [-0.25, -0.2) is 0 Å². The van der Waals surface area contributed by atoms with Gasteiger partial charge in [-0.15, -0.1) is 0 Å². The molecule has 0 aliphatic carbocycles. The van der Waals surface area contributed by atoms with E-state index in [4.69, 9.17) is 14.7 Å². The minimum absolute atomic E-state index is 1.11. The molecule has 0 aromatic heterocycles. The Morgan fingerprint density at radius 1 is 0.923 bits per heavy atom. The van der Waals surface area contributed by atoms with Crippen LogP contribution in [0.4, 0.5) is 0 Å². The van der Waals surface area contributed by atoms with Crippen LogP contribution >= 0.6 is 8.60 Å². The Labute approximate surface area is 117 Å². The van der Waals surface area contributed by atoms with Gasteiger partial charge in [0.15, 0.2) is 0 Å². The van der Waals surface area contributed by atoms with Crippen molar-refractivity contribution in [3.63, 3.8) is 0 Å². The molecular formula is C8H20KO3P. The molecule has 0 aromatic carbocycles. The van der Waals surface area contributed by atoms with Gasteiger partial charge < -0.3 is 14.7 Å². The molecule has 0 atom stereocenters. The van der Waals surface area contributed by atoms with E-state index in [2.05, 4.69) is 6.92 Å². The van der Waals surface area contributed by atoms with Gasteiger partial charge in [-0.05, 0) is 0 Å². The molecule has 0 saturated heterocycles. The van der Waals surface area contributed by atoms with Crippen LogP contribution in [0.5, 0.6) is 0 Å². The first-order valence-electron chi connectivity index (χ1n) is 5.01. The van der Waals surface area contributed by atoms with E-state index < -0.39 is 8.60 Å². The molecule has 3 N–H and O–H groups in total. The maximum absolute atomic E-state index is 7.23. The Morgan fingerprint density at radius 3 is 1.69 bits per heavy atom. The summed E-state index contributed by atoms with van der Waals surface area (Å²) in [7, 11) is -2.62. The molecule has 0 bridgehead atoms. The topological polar surface area (TPSA) is 60.7 Å². The molecule has 0 aliphatic rings. The van der Waals surface area contributed by atoms with Crippen LogP contribution in [0.15, 0.2) is 0 Å². The van der Waals surface area contributed by atoms with Crippen molar-refractivity contribution in [3.05, 3.63) is 0 Å². The molecule has 0 aliphatic heterocycles. The molecule has 76 valence electrons. The molecule has 3 nitrogen and oxygen atoms in total. The number of unbranched alkanes of at least 4 members (excludes halogenated alkanes) is 5. The molecular weight excluding hydrogens is 214 g/mol. The van der Waals surface area contributed by atoms with E-state index >= 15 is 0 Å². The Hall–Kier alpha value is 1.95. The van der Waals surface area contributed by atoms with E-state index in [1.165, 1.54) is 38.5 Å². The second-order valence-electron chi connectivity index (χ2n) is 3.04. The van der Waals surface area contributed by atoms with Crippen molar-refractivity contribution in [1.29, 1.82) is 0 Å². The van der Waals surface area contributed by atoms with Gasteiger partial charge in [-0.1, -0.05) is 0 Å². The zero-order valence-electron chi connectivity index (χ0n) is 8.74. The largest absolute Gasteiger partial charge is 0.328 e. The van der Waals surface area contributed by atoms with Gasteiger partial charge in [-0.3, -0.25) is 0 Å². The summed E-state index contributed by atoms with van der Waals surface area (Å²) in [6.45, 7) is 2.27. The Bertz CT molecular complexity index is 75.0. The predicted molar refractivity (Wildman–Crippen MR) is 57.5 cm³/mol. The fraction of sp³-hybridized carbons (Fsp3) is 1.00. The van der Waals surface area contributed by atoms with Gasteiger partial charge in [0.25, 0.3) is 0 Å². The second kappa shape index (κ2) is 16.4. The first kappa shape index (κ1) is 17.3. The fourth-order valence-corrected chi connectivity index (χ4v) is 1.81. The van der Waals surface area contributed by atoms with Crippen LogP contribution < -0.4 is 0 Å². The third-order valence-corrected chi connectivity index (χ3v) is 2.81. The number of hydrogen-bond acceptors (Lipinski definition) is 3. The minimum Gasteiger partial charge on any atom is -0.328 e. The van der Waals surface area contributed by atoms with E-state index in [1.54, 1.807) is 0.515 Å². The van der Waals surface area contributed by atoms with Crippen LogP contribution in [-0.2, 0) is 0 Å². The van der Waals surface area contributed by atoms with E-state index in [1.807, 2.05) is 0 Å². The molecule has 0 aromatic rings. The third-order valence-electron chi connectivity index (χ3n) is 1.71. The zero-order chi connectivity index (χ0) is 10.5. The number of rotatable bonds is 6. The zero-order valence-corrected chi connectivity index (χ0v) is 12.8. The summed E-state index contributed by atoms with van der Waals surface area (Å²) in [5.41, 5.74) is 0. The summed E-state index contributed by atoms with van der Waals surface area (Å²) >= 11 is 1.11. The van der Waals surface area contributed by atoms with Crippen LogP contribution in [0.3, 0.4) is 0 Å². The molecule has 0 heterocycles. The van der Waals surface area contributed by atoms with Crippen LogP contribution in [0.2, 0.25) is 0.515 Å². The Balaban J connectivity index is 0. The molecule has 0 unspecified atom stereocenters. The van der Waals surface area contributed by atoms with Crippen LogP contribution in [0.25, 0.3) is 0 Å². The van der Waals surface area contributed by atoms with Gasteiger partial charge in [0, 0.05) is 0 Å². The van der Waals surface area contributed by atoms with Crippen molar-refractivity contribution in [3.8, 4) is 0 Å². The average Bonchev–Trinajstić information content (AvgIpc) is 2.03. The molecule has 5 heteroatoms. The first-order valence-corrected chi connectivity index (χ1v) is 8.42. The Kier molecular flexibility index (Phi) is 21.9. The van der Waals surface area contributed by atoms with Gasteiger partial charge in [0.05, 0.1) is 0 Å². The van der Waals surface area contributed by atoms with E-state index in [-0.39, 0.29) is 0 Å². The standard InChI is InChI=1S/C8H17.K.H3O3P/c1-3-5-7-8-6-4-2;;1-4(2)3/h1,3-8H2,2H3;;1-3H. The van der Waals surface area contributed by atoms with Crippen molar-refractivity contribution < 1.29 is 14.7 Å². The first-order chi connectivity index (χ1) is 6.15. The van der Waals surface area contributed by atoms with Crippen LogP contribution in [0.1, 0.15) is 45.4 Å². The van der Waals surface area contributed by atoms with Gasteiger partial charge >= 0.3 is 104 Å². The summed E-state index contributed by atoms with van der Waals surface area (Å²) in [6.07, 6.45) is 8.81. The smallest absolute Gasteiger partial charge is 0.324 e. The van der Waals surface area contributed by atoms with Gasteiger partial charge in [0.2, 0.25) is 0 Å². The second-order valence-corrected chi connectivity index (χ2v) is 5.13. The van der Waals surface area contributed by atoms with Crippen molar-refractivity contribution in [2.45, 2.75) is 46.0 Å². The van der Waals surface area contributed by atoms with E-state index in [9.17, 15) is 0 Å². The van der Waals surface area contributed by atoms with Crippen molar-refractivity contribution in [2.24, 2.45) is 0 Å². The monoisotopic (exact) mass is 234 g/mol. The fourth-order valence-electron chi connectivity index (χ4n) is 1.03. The predicted octanol–water partition coefficient (Wildman–Crippen LogP) is 2.12. The van der Waals surface area contributed by atoms with Crippen molar-refractivity contribution in [2.75, 3.05) is 0 Å². The van der Waals surface area contributed by atoms with Crippen LogP contribution in [0, 0.1) is 0 Å². The normalized spacial score (nSPS) is 9.77. The molecule has 0 amide bonds. The quantitative estimate of drug-likeness (QED) is 0.375. The Morgan fingerprint density at radius 2 is 1.31 bits per heavy atom. The SMILES string of the molecule is CCCCCCC[CH2][K].OP(O)O. The maximum Gasteiger partial charge on any atom is 0.324 e. The summed E-state index contributed by atoms with van der Waals surface area (Å²) in [5, 5.41) is 0. The van der Waals surface area contributed by atoms with Gasteiger partial charge in [-0.2, -0.15) is 0 Å². The molecule has 0 rings (SSSR count). The maximum atomic E-state index is 7.23. The molecule has 0 radical (unpaired) electrons. The third kappa shape index (κ3) is 31.5. The summed E-state index contributed by atoms with van der Waals surface area (Å²) in [5.74, 6) is 0. The molecule has 0 spiro atoms. The summed E-state index contributed by atoms with van der Waals surface area (Å²) in [6, 6.07) is 0. The summed E-state index contributed by atoms with van der Waals surface area (Å²) < 4.78 is 1.55. The number of hydrogen-bond donors (Lipinski definition) is 3. The van der Waals surface area contributed by atoms with E-state index in [0.717, 1.165) is 49.0 Å². The van der Waals surface area contributed by atoms with Gasteiger partial charge in [0.1, 0.15) is 0 Å². The molecule has 0 saturated carbocycles. The average molecular weight is 234 g/mol. The van der Waals surface area contributed by atoms with E-state index in [0.29, 0.717) is 0 Å². The van der Waals surface area contributed by atoms with Crippen molar-refractivity contribution >= 4 is 57.6 Å². The van der Waals surface area contributed by atoms with Crippen molar-refractivity contribution in [1.82, 2.24) is 0 Å². The van der Waals surface area contributed by atoms with Crippen LogP contribution in [-0.4, -0.2) is 63.6 Å². The molecule has 0 fully saturated rings. The summed E-state index contributed by atoms with van der Waals surface area (Å²) in [4.78, 5) is 21.7. The minimum atomic E-state index is -2.62. The molecule has 13 heavy (non-hydrogen) atoms.